The molecule has 140 valence electrons. The van der Waals surface area contributed by atoms with Crippen molar-refractivity contribution in [1.82, 2.24) is 5.32 Å². The van der Waals surface area contributed by atoms with Crippen molar-refractivity contribution in [3.8, 4) is 17.1 Å². The number of nitrogens with one attached hydrogen (secondary N) is 1. The molecule has 8 heteroatoms. The summed E-state index contributed by atoms with van der Waals surface area (Å²) in [6, 6.07) is 15.0. The number of rotatable bonds is 3. The molecule has 0 aliphatic carbocycles. The Labute approximate surface area is 174 Å². The van der Waals surface area contributed by atoms with E-state index in [0.29, 0.717) is 42.9 Å². The van der Waals surface area contributed by atoms with Crippen molar-refractivity contribution in [3.05, 3.63) is 75.3 Å². The molecule has 0 spiro atoms. The fourth-order valence-corrected chi connectivity index (χ4v) is 3.72. The van der Waals surface area contributed by atoms with Crippen molar-refractivity contribution >= 4 is 57.8 Å². The zero-order valence-corrected chi connectivity index (χ0v) is 16.5. The summed E-state index contributed by atoms with van der Waals surface area (Å²) in [5.41, 5.74) is 1.30. The minimum absolute atomic E-state index is 0.154. The Morgan fingerprint density at radius 3 is 2.64 bits per heavy atom. The summed E-state index contributed by atoms with van der Waals surface area (Å²) in [4.78, 5) is 17.0. The van der Waals surface area contributed by atoms with Gasteiger partial charge in [-0.3, -0.25) is 4.79 Å². The lowest BCUT2D eigenvalue weighted by Crippen LogP contribution is -2.19. The molecule has 1 amide bonds. The molecule has 28 heavy (non-hydrogen) atoms. The van der Waals surface area contributed by atoms with Gasteiger partial charge in [0.2, 0.25) is 0 Å². The number of hydrogen-bond acceptors (Lipinski definition) is 5. The van der Waals surface area contributed by atoms with E-state index in [1.807, 2.05) is 0 Å². The van der Waals surface area contributed by atoms with Crippen LogP contribution in [0.3, 0.4) is 0 Å². The van der Waals surface area contributed by atoms with Gasteiger partial charge >= 0.3 is 0 Å². The second-order valence-electron chi connectivity index (χ2n) is 5.82. The molecule has 2 aromatic carbocycles. The Kier molecular flexibility index (Phi) is 5.17. The molecule has 1 saturated heterocycles. The number of aromatic hydroxyl groups is 1. The Hall–Kier alpha value is -2.67. The van der Waals surface area contributed by atoms with Crippen molar-refractivity contribution in [1.29, 1.82) is 0 Å². The van der Waals surface area contributed by atoms with E-state index in [0.717, 1.165) is 0 Å². The molecule has 1 aromatic heterocycles. The van der Waals surface area contributed by atoms with Gasteiger partial charge in [0.05, 0.1) is 15.6 Å². The molecule has 0 saturated carbocycles. The second-order valence-corrected chi connectivity index (χ2v) is 7.70. The average molecular weight is 431 g/mol. The van der Waals surface area contributed by atoms with Crippen molar-refractivity contribution in [2.45, 2.75) is 0 Å². The molecule has 0 radical (unpaired) electrons. The molecule has 2 heterocycles. The predicted molar refractivity (Wildman–Crippen MR) is 113 cm³/mol. The lowest BCUT2D eigenvalue weighted by Gasteiger charge is -2.01. The largest absolute Gasteiger partial charge is 0.508 e. The zero-order valence-electron chi connectivity index (χ0n) is 14.1. The number of thioether (sulfide) groups is 1. The number of benzene rings is 2. The first-order valence-electron chi connectivity index (χ1n) is 8.12. The number of furan rings is 1. The molecule has 1 aliphatic heterocycles. The van der Waals surface area contributed by atoms with Gasteiger partial charge in [-0.25, -0.2) is 4.99 Å². The summed E-state index contributed by atoms with van der Waals surface area (Å²) in [5, 5.41) is 13.6. The third kappa shape index (κ3) is 4.09. The van der Waals surface area contributed by atoms with E-state index >= 15 is 0 Å². The second kappa shape index (κ2) is 7.75. The van der Waals surface area contributed by atoms with Crippen LogP contribution in [0.2, 0.25) is 10.0 Å². The minimum atomic E-state index is -0.263. The molecule has 0 unspecified atom stereocenters. The van der Waals surface area contributed by atoms with Crippen LogP contribution < -0.4 is 5.32 Å². The van der Waals surface area contributed by atoms with Gasteiger partial charge in [0, 0.05) is 16.7 Å². The molecular weight excluding hydrogens is 419 g/mol. The third-order valence-corrected chi connectivity index (χ3v) is 5.30. The minimum Gasteiger partial charge on any atom is -0.508 e. The van der Waals surface area contributed by atoms with E-state index in [1.54, 1.807) is 48.5 Å². The molecule has 5 nitrogen and oxygen atoms in total. The van der Waals surface area contributed by atoms with Gasteiger partial charge in [0.25, 0.3) is 5.91 Å². The molecule has 1 fully saturated rings. The highest BCUT2D eigenvalue weighted by molar-refractivity contribution is 8.18. The highest BCUT2D eigenvalue weighted by atomic mass is 35.5. The number of halogens is 2. The standard InChI is InChI=1S/C20H12Cl2N2O3S/c21-11-1-7-16(22)15(9-11)17-8-6-14(27-17)10-18-19(26)24-20(28-18)23-12-2-4-13(25)5-3-12/h1-10,25H,(H,23,24,26). The van der Waals surface area contributed by atoms with E-state index in [-0.39, 0.29) is 11.7 Å². The maximum atomic E-state index is 12.2. The normalized spacial score (nSPS) is 16.7. The van der Waals surface area contributed by atoms with Crippen molar-refractivity contribution in [2.75, 3.05) is 0 Å². The molecule has 2 N–H and O–H groups in total. The van der Waals surface area contributed by atoms with Crippen LogP contribution in [0, 0.1) is 0 Å². The lowest BCUT2D eigenvalue weighted by molar-refractivity contribution is -0.115. The lowest BCUT2D eigenvalue weighted by atomic mass is 10.2. The zero-order chi connectivity index (χ0) is 19.7. The highest BCUT2D eigenvalue weighted by Gasteiger charge is 2.24. The molecule has 1 aliphatic rings. The van der Waals surface area contributed by atoms with Gasteiger partial charge in [0.15, 0.2) is 5.17 Å². The summed E-state index contributed by atoms with van der Waals surface area (Å²) < 4.78 is 5.80. The maximum Gasteiger partial charge on any atom is 0.264 e. The predicted octanol–water partition coefficient (Wildman–Crippen LogP) is 5.85. The Morgan fingerprint density at radius 1 is 1.07 bits per heavy atom. The Balaban J connectivity index is 1.56. The van der Waals surface area contributed by atoms with Crippen LogP contribution in [-0.4, -0.2) is 16.2 Å². The first kappa shape index (κ1) is 18.7. The Bertz CT molecular complexity index is 1120. The average Bonchev–Trinajstić information content (AvgIpc) is 3.26. The number of phenolic OH excluding ortho intramolecular Hbond substituents is 1. The first-order chi connectivity index (χ1) is 13.5. The van der Waals surface area contributed by atoms with Gasteiger partial charge in [-0.1, -0.05) is 23.2 Å². The number of carbonyl (C=O) groups is 1. The smallest absolute Gasteiger partial charge is 0.264 e. The number of amidine groups is 1. The third-order valence-electron chi connectivity index (χ3n) is 3.83. The first-order valence-corrected chi connectivity index (χ1v) is 9.69. The van der Waals surface area contributed by atoms with Crippen LogP contribution in [0.25, 0.3) is 17.4 Å². The van der Waals surface area contributed by atoms with Gasteiger partial charge in [-0.15, -0.1) is 0 Å². The number of nitrogens with zero attached hydrogens (tertiary/aromatic N) is 1. The number of hydrogen-bond donors (Lipinski definition) is 2. The fourth-order valence-electron chi connectivity index (χ4n) is 2.52. The van der Waals surface area contributed by atoms with Crippen molar-refractivity contribution < 1.29 is 14.3 Å². The Morgan fingerprint density at radius 2 is 1.86 bits per heavy atom. The summed E-state index contributed by atoms with van der Waals surface area (Å²) in [5.74, 6) is 0.956. The number of carbonyl (C=O) groups excluding carboxylic acids is 1. The monoisotopic (exact) mass is 430 g/mol. The van der Waals surface area contributed by atoms with E-state index in [4.69, 9.17) is 27.6 Å². The topological polar surface area (TPSA) is 74.8 Å². The van der Waals surface area contributed by atoms with Gasteiger partial charge < -0.3 is 14.8 Å². The summed E-state index contributed by atoms with van der Waals surface area (Å²) in [6.45, 7) is 0. The number of phenols is 1. The van der Waals surface area contributed by atoms with Crippen molar-refractivity contribution in [3.63, 3.8) is 0 Å². The van der Waals surface area contributed by atoms with Crippen LogP contribution in [0.4, 0.5) is 5.69 Å². The quantitative estimate of drug-likeness (QED) is 0.510. The number of aliphatic imine (C=N–C) groups is 1. The molecular formula is C20H12Cl2N2O3S. The van der Waals surface area contributed by atoms with E-state index in [1.165, 1.54) is 23.9 Å². The molecule has 4 rings (SSSR count). The number of amides is 1. The SMILES string of the molecule is O=C1NC(=Nc2ccc(O)cc2)SC1=Cc1ccc(-c2cc(Cl)ccc2Cl)o1. The molecule has 0 bridgehead atoms. The maximum absolute atomic E-state index is 12.2. The van der Waals surface area contributed by atoms with Crippen LogP contribution in [-0.2, 0) is 4.79 Å². The van der Waals surface area contributed by atoms with Crippen LogP contribution in [0.5, 0.6) is 5.75 Å². The van der Waals surface area contributed by atoms with Crippen LogP contribution in [0.15, 0.2) is 68.9 Å². The van der Waals surface area contributed by atoms with E-state index < -0.39 is 0 Å². The summed E-state index contributed by atoms with van der Waals surface area (Å²) in [7, 11) is 0. The molecule has 3 aromatic rings. The summed E-state index contributed by atoms with van der Waals surface area (Å²) in [6.07, 6.45) is 1.64. The van der Waals surface area contributed by atoms with Crippen LogP contribution in [0.1, 0.15) is 5.76 Å². The molecule has 0 atom stereocenters. The van der Waals surface area contributed by atoms with Gasteiger partial charge in [-0.05, 0) is 66.4 Å². The van der Waals surface area contributed by atoms with E-state index in [2.05, 4.69) is 10.3 Å². The van der Waals surface area contributed by atoms with Crippen molar-refractivity contribution in [2.24, 2.45) is 4.99 Å². The fraction of sp³-hybridized carbons (Fsp3) is 0. The summed E-state index contributed by atoms with van der Waals surface area (Å²) >= 11 is 13.4. The van der Waals surface area contributed by atoms with Crippen LogP contribution >= 0.6 is 35.0 Å². The van der Waals surface area contributed by atoms with Gasteiger partial charge in [0.1, 0.15) is 17.3 Å². The highest BCUT2D eigenvalue weighted by Crippen LogP contribution is 2.34. The van der Waals surface area contributed by atoms with E-state index in [9.17, 15) is 9.90 Å². The van der Waals surface area contributed by atoms with Gasteiger partial charge in [-0.2, -0.15) is 0 Å².